The van der Waals surface area contributed by atoms with Crippen LogP contribution in [-0.4, -0.2) is 35.8 Å². The zero-order valence-corrected chi connectivity index (χ0v) is 15.2. The predicted octanol–water partition coefficient (Wildman–Crippen LogP) is 2.43. The van der Waals surface area contributed by atoms with Gasteiger partial charge in [0.2, 0.25) is 5.91 Å². The molecule has 0 bridgehead atoms. The predicted molar refractivity (Wildman–Crippen MR) is 93.5 cm³/mol. The lowest BCUT2D eigenvalue weighted by Crippen LogP contribution is -2.44. The Morgan fingerprint density at radius 2 is 1.96 bits per heavy atom. The fourth-order valence-electron chi connectivity index (χ4n) is 3.75. The molecule has 0 spiro atoms. The van der Waals surface area contributed by atoms with Crippen LogP contribution in [-0.2, 0) is 15.1 Å². The van der Waals surface area contributed by atoms with E-state index in [1.165, 1.54) is 13.3 Å². The molecule has 0 unspecified atom stereocenters. The highest BCUT2D eigenvalue weighted by Crippen LogP contribution is 2.31. The molecule has 6 nitrogen and oxygen atoms in total. The number of nitrogens with zero attached hydrogens (tertiary/aromatic N) is 1. The average molecular weight is 379 g/mol. The fourth-order valence-corrected chi connectivity index (χ4v) is 3.75. The maximum absolute atomic E-state index is 14.1. The molecule has 1 saturated carbocycles. The van der Waals surface area contributed by atoms with Gasteiger partial charge in [-0.15, -0.1) is 0 Å². The number of carbonyl (C=O) groups is 3. The topological polar surface area (TPSA) is 78.5 Å². The lowest BCUT2D eigenvalue weighted by molar-refractivity contribution is -0.135. The molecule has 8 heteroatoms. The van der Waals surface area contributed by atoms with E-state index in [0.29, 0.717) is 12.5 Å². The molecule has 2 N–H and O–H groups in total. The summed E-state index contributed by atoms with van der Waals surface area (Å²) in [5.41, 5.74) is -2.03. The van der Waals surface area contributed by atoms with Crippen molar-refractivity contribution in [1.29, 1.82) is 0 Å². The average Bonchev–Trinajstić information content (AvgIpc) is 2.87. The molecule has 1 saturated heterocycles. The van der Waals surface area contributed by atoms with Gasteiger partial charge in [-0.25, -0.2) is 13.6 Å². The summed E-state index contributed by atoms with van der Waals surface area (Å²) in [6, 6.07) is 1.90. The third-order valence-corrected chi connectivity index (χ3v) is 5.36. The zero-order chi connectivity index (χ0) is 19.6. The van der Waals surface area contributed by atoms with Crippen LogP contribution in [0.15, 0.2) is 18.2 Å². The first-order chi connectivity index (χ1) is 12.8. The van der Waals surface area contributed by atoms with E-state index in [2.05, 4.69) is 10.6 Å². The largest absolute Gasteiger partial charge is 0.354 e. The van der Waals surface area contributed by atoms with E-state index in [4.69, 9.17) is 0 Å². The van der Waals surface area contributed by atoms with Crippen molar-refractivity contribution in [2.45, 2.75) is 44.6 Å². The highest BCUT2D eigenvalue weighted by Gasteiger charge is 2.50. The molecule has 146 valence electrons. The number of urea groups is 1. The first-order valence-electron chi connectivity index (χ1n) is 9.17. The Balaban J connectivity index is 1.66. The van der Waals surface area contributed by atoms with Crippen LogP contribution in [0.1, 0.15) is 44.6 Å². The van der Waals surface area contributed by atoms with Crippen LogP contribution in [0.3, 0.4) is 0 Å². The Morgan fingerprint density at radius 3 is 2.67 bits per heavy atom. The smallest absolute Gasteiger partial charge is 0.325 e. The summed E-state index contributed by atoms with van der Waals surface area (Å²) in [5, 5.41) is 5.14. The summed E-state index contributed by atoms with van der Waals surface area (Å²) in [6.45, 7) is 1.35. The summed E-state index contributed by atoms with van der Waals surface area (Å²) in [7, 11) is 0. The standard InChI is InChI=1S/C19H23F2N3O3/c1-19(14-9-13(20)7-8-15(14)21)17(26)24(18(27)23-19)11-16(25)22-10-12-5-3-2-4-6-12/h7-9,12H,2-6,10-11H2,1H3,(H,22,25)(H,23,27)/t19-/m0/s1. The Hall–Kier alpha value is -2.51. The van der Waals surface area contributed by atoms with E-state index in [9.17, 15) is 23.2 Å². The molecule has 1 aromatic rings. The van der Waals surface area contributed by atoms with E-state index in [0.717, 1.165) is 48.8 Å². The molecule has 1 heterocycles. The number of rotatable bonds is 5. The zero-order valence-electron chi connectivity index (χ0n) is 15.2. The quantitative estimate of drug-likeness (QED) is 0.772. The molecule has 27 heavy (non-hydrogen) atoms. The van der Waals surface area contributed by atoms with Gasteiger partial charge in [-0.2, -0.15) is 0 Å². The van der Waals surface area contributed by atoms with Gasteiger partial charge in [0.15, 0.2) is 0 Å². The maximum atomic E-state index is 14.1. The number of amides is 4. The number of carbonyl (C=O) groups excluding carboxylic acids is 3. The van der Waals surface area contributed by atoms with E-state index < -0.39 is 41.6 Å². The van der Waals surface area contributed by atoms with Crippen molar-refractivity contribution < 1.29 is 23.2 Å². The number of hydrogen-bond donors (Lipinski definition) is 2. The van der Waals surface area contributed by atoms with Gasteiger partial charge in [-0.1, -0.05) is 19.3 Å². The van der Waals surface area contributed by atoms with Crippen LogP contribution in [0.4, 0.5) is 13.6 Å². The Morgan fingerprint density at radius 1 is 1.26 bits per heavy atom. The van der Waals surface area contributed by atoms with Crippen molar-refractivity contribution in [3.63, 3.8) is 0 Å². The van der Waals surface area contributed by atoms with Crippen molar-refractivity contribution in [2.24, 2.45) is 5.92 Å². The molecule has 2 aliphatic rings. The van der Waals surface area contributed by atoms with Crippen LogP contribution >= 0.6 is 0 Å². The monoisotopic (exact) mass is 379 g/mol. The van der Waals surface area contributed by atoms with Crippen LogP contribution in [0.2, 0.25) is 0 Å². The van der Waals surface area contributed by atoms with E-state index >= 15 is 0 Å². The van der Waals surface area contributed by atoms with Gasteiger partial charge in [0, 0.05) is 12.1 Å². The summed E-state index contributed by atoms with van der Waals surface area (Å²) in [6.07, 6.45) is 5.61. The maximum Gasteiger partial charge on any atom is 0.325 e. The van der Waals surface area contributed by atoms with Crippen molar-refractivity contribution in [1.82, 2.24) is 15.5 Å². The van der Waals surface area contributed by atoms with Gasteiger partial charge >= 0.3 is 6.03 Å². The lowest BCUT2D eigenvalue weighted by Gasteiger charge is -2.23. The van der Waals surface area contributed by atoms with Gasteiger partial charge in [0.25, 0.3) is 5.91 Å². The normalized spacial score (nSPS) is 23.4. The lowest BCUT2D eigenvalue weighted by atomic mass is 9.89. The van der Waals surface area contributed by atoms with Gasteiger partial charge < -0.3 is 10.6 Å². The summed E-state index contributed by atoms with van der Waals surface area (Å²) < 4.78 is 27.6. The summed E-state index contributed by atoms with van der Waals surface area (Å²) in [4.78, 5) is 37.8. The molecule has 2 fully saturated rings. The number of benzene rings is 1. The number of halogens is 2. The Labute approximate surface area is 156 Å². The molecule has 1 aliphatic heterocycles. The van der Waals surface area contributed by atoms with Gasteiger partial charge in [-0.3, -0.25) is 14.5 Å². The molecular formula is C19H23F2N3O3. The summed E-state index contributed by atoms with van der Waals surface area (Å²) in [5.74, 6) is -2.36. The van der Waals surface area contributed by atoms with Crippen LogP contribution in [0.5, 0.6) is 0 Å². The Bertz CT molecular complexity index is 765. The highest BCUT2D eigenvalue weighted by atomic mass is 19.1. The second-order valence-electron chi connectivity index (χ2n) is 7.38. The minimum atomic E-state index is -1.76. The SMILES string of the molecule is C[C@@]1(c2cc(F)ccc2F)NC(=O)N(CC(=O)NCC2CCCCC2)C1=O. The van der Waals surface area contributed by atoms with Crippen molar-refractivity contribution in [2.75, 3.05) is 13.1 Å². The van der Waals surface area contributed by atoms with Gasteiger partial charge in [-0.05, 0) is 43.9 Å². The second-order valence-corrected chi connectivity index (χ2v) is 7.38. The minimum Gasteiger partial charge on any atom is -0.354 e. The molecule has 1 atom stereocenters. The van der Waals surface area contributed by atoms with Crippen molar-refractivity contribution in [3.8, 4) is 0 Å². The van der Waals surface area contributed by atoms with E-state index in [1.807, 2.05) is 0 Å². The van der Waals surface area contributed by atoms with Crippen LogP contribution < -0.4 is 10.6 Å². The fraction of sp³-hybridized carbons (Fsp3) is 0.526. The minimum absolute atomic E-state index is 0.272. The number of hydrogen-bond acceptors (Lipinski definition) is 3. The van der Waals surface area contributed by atoms with Gasteiger partial charge in [0.05, 0.1) is 0 Å². The molecule has 1 aliphatic carbocycles. The molecule has 3 rings (SSSR count). The third kappa shape index (κ3) is 3.94. The molecule has 0 radical (unpaired) electrons. The first-order valence-corrected chi connectivity index (χ1v) is 9.17. The highest BCUT2D eigenvalue weighted by molar-refractivity contribution is 6.09. The molecule has 4 amide bonds. The number of nitrogens with one attached hydrogen (secondary N) is 2. The van der Waals surface area contributed by atoms with Gasteiger partial charge in [0.1, 0.15) is 23.7 Å². The molecular weight excluding hydrogens is 356 g/mol. The van der Waals surface area contributed by atoms with Crippen LogP contribution in [0, 0.1) is 17.6 Å². The van der Waals surface area contributed by atoms with Crippen LogP contribution in [0.25, 0.3) is 0 Å². The van der Waals surface area contributed by atoms with Crippen molar-refractivity contribution in [3.05, 3.63) is 35.4 Å². The third-order valence-electron chi connectivity index (χ3n) is 5.36. The molecule has 0 aromatic heterocycles. The Kier molecular flexibility index (Phi) is 5.43. The number of imide groups is 1. The summed E-state index contributed by atoms with van der Waals surface area (Å²) >= 11 is 0. The second kappa shape index (κ2) is 7.62. The molecule has 1 aromatic carbocycles. The van der Waals surface area contributed by atoms with E-state index in [-0.39, 0.29) is 5.56 Å². The first kappa shape index (κ1) is 19.3. The van der Waals surface area contributed by atoms with Crippen molar-refractivity contribution >= 4 is 17.8 Å². The van der Waals surface area contributed by atoms with E-state index in [1.54, 1.807) is 0 Å².